The summed E-state index contributed by atoms with van der Waals surface area (Å²) in [6, 6.07) is 7.48. The van der Waals surface area contributed by atoms with Crippen LogP contribution in [0.4, 0.5) is 0 Å². The predicted octanol–water partition coefficient (Wildman–Crippen LogP) is 4.17. The minimum atomic E-state index is -0.247. The fraction of sp³-hybridized carbons (Fsp3) is 0.526. The number of amides is 1. The van der Waals surface area contributed by atoms with Crippen LogP contribution in [0.5, 0.6) is 5.75 Å². The molecule has 27 heavy (non-hydrogen) atoms. The average molecular weight is 411 g/mol. The summed E-state index contributed by atoms with van der Waals surface area (Å²) in [7, 11) is 1.88. The third kappa shape index (κ3) is 5.62. The van der Waals surface area contributed by atoms with Gasteiger partial charge < -0.3 is 14.2 Å². The molecule has 6 nitrogen and oxygen atoms in total. The van der Waals surface area contributed by atoms with E-state index in [-0.39, 0.29) is 29.8 Å². The quantitative estimate of drug-likeness (QED) is 0.611. The second-order valence-electron chi connectivity index (χ2n) is 6.89. The summed E-state index contributed by atoms with van der Waals surface area (Å²) < 4.78 is 7.59. The molecule has 0 bridgehead atoms. The molecule has 1 amide bonds. The smallest absolute Gasteiger partial charge is 0.236 e. The van der Waals surface area contributed by atoms with Crippen LogP contribution in [0.15, 0.2) is 29.4 Å². The molecule has 1 aromatic carbocycles. The molecule has 2 aromatic rings. The molecule has 1 aromatic heterocycles. The first-order chi connectivity index (χ1) is 12.7. The van der Waals surface area contributed by atoms with Gasteiger partial charge in [0.2, 0.25) is 5.91 Å². The monoisotopic (exact) mass is 410 g/mol. The molecule has 0 spiro atoms. The Morgan fingerprint density at radius 3 is 2.30 bits per heavy atom. The van der Waals surface area contributed by atoms with E-state index in [2.05, 4.69) is 10.2 Å². The summed E-state index contributed by atoms with van der Waals surface area (Å²) >= 11 is 7.29. The largest absolute Gasteiger partial charge is 0.486 e. The second-order valence-corrected chi connectivity index (χ2v) is 8.64. The van der Waals surface area contributed by atoms with Gasteiger partial charge in [-0.2, -0.15) is 0 Å². The van der Waals surface area contributed by atoms with Crippen LogP contribution in [-0.2, 0) is 18.4 Å². The topological polar surface area (TPSA) is 60.3 Å². The number of carbonyl (C=O) groups excluding carboxylic acids is 1. The summed E-state index contributed by atoms with van der Waals surface area (Å²) in [5.41, 5.74) is 0. The SMILES string of the molecule is CC(C)N(C(=O)[C@@H](C)Sc1nnc(COc2ccc(Cl)cc2)n1C)C(C)C. The summed E-state index contributed by atoms with van der Waals surface area (Å²) in [4.78, 5) is 14.7. The fourth-order valence-corrected chi connectivity index (χ4v) is 3.79. The lowest BCUT2D eigenvalue weighted by molar-refractivity contribution is -0.133. The molecule has 1 atom stereocenters. The number of ether oxygens (including phenoxy) is 1. The summed E-state index contributed by atoms with van der Waals surface area (Å²) in [6.45, 7) is 10.3. The van der Waals surface area contributed by atoms with E-state index >= 15 is 0 Å². The van der Waals surface area contributed by atoms with Crippen molar-refractivity contribution in [3.8, 4) is 5.75 Å². The van der Waals surface area contributed by atoms with Crippen LogP contribution in [0.3, 0.4) is 0 Å². The Kier molecular flexibility index (Phi) is 7.56. The fourth-order valence-electron chi connectivity index (χ4n) is 2.78. The van der Waals surface area contributed by atoms with Gasteiger partial charge in [-0.3, -0.25) is 4.79 Å². The molecule has 2 rings (SSSR count). The lowest BCUT2D eigenvalue weighted by atomic mass is 10.2. The van der Waals surface area contributed by atoms with Crippen molar-refractivity contribution in [1.82, 2.24) is 19.7 Å². The first kappa shape index (κ1) is 21.6. The standard InChI is InChI=1S/C19H27ClN4O2S/c1-12(2)24(13(3)4)18(25)14(5)27-19-22-21-17(23(19)6)11-26-16-9-7-15(20)8-10-16/h7-10,12-14H,11H2,1-6H3/t14-/m1/s1. The van der Waals surface area contributed by atoms with E-state index in [9.17, 15) is 4.79 Å². The highest BCUT2D eigenvalue weighted by Gasteiger charge is 2.27. The second kappa shape index (κ2) is 9.46. The summed E-state index contributed by atoms with van der Waals surface area (Å²) in [6.07, 6.45) is 0. The number of halogens is 1. The van der Waals surface area contributed by atoms with Gasteiger partial charge in [0.05, 0.1) is 5.25 Å². The third-order valence-corrected chi connectivity index (χ3v) is 5.48. The zero-order valence-electron chi connectivity index (χ0n) is 16.6. The molecule has 8 heteroatoms. The van der Waals surface area contributed by atoms with Gasteiger partial charge in [0.25, 0.3) is 0 Å². The van der Waals surface area contributed by atoms with E-state index in [1.807, 2.05) is 63.3 Å². The Morgan fingerprint density at radius 2 is 1.74 bits per heavy atom. The zero-order chi connectivity index (χ0) is 20.1. The van der Waals surface area contributed by atoms with Crippen LogP contribution in [0, 0.1) is 0 Å². The molecule has 0 radical (unpaired) electrons. The zero-order valence-corrected chi connectivity index (χ0v) is 18.2. The van der Waals surface area contributed by atoms with E-state index in [1.165, 1.54) is 11.8 Å². The van der Waals surface area contributed by atoms with E-state index in [1.54, 1.807) is 12.1 Å². The summed E-state index contributed by atoms with van der Waals surface area (Å²) in [5.74, 6) is 1.51. The van der Waals surface area contributed by atoms with Gasteiger partial charge in [-0.1, -0.05) is 23.4 Å². The molecule has 0 aliphatic rings. The van der Waals surface area contributed by atoms with Gasteiger partial charge >= 0.3 is 0 Å². The summed E-state index contributed by atoms with van der Waals surface area (Å²) in [5, 5.41) is 9.52. The molecule has 1 heterocycles. The van der Waals surface area contributed by atoms with Crippen molar-refractivity contribution >= 4 is 29.3 Å². The van der Waals surface area contributed by atoms with Crippen molar-refractivity contribution in [3.63, 3.8) is 0 Å². The number of thioether (sulfide) groups is 1. The Hall–Kier alpha value is -1.73. The van der Waals surface area contributed by atoms with Crippen molar-refractivity contribution < 1.29 is 9.53 Å². The van der Waals surface area contributed by atoms with Crippen molar-refractivity contribution in [2.45, 2.75) is 63.7 Å². The maximum atomic E-state index is 12.8. The first-order valence-corrected chi connectivity index (χ1v) is 10.2. The highest BCUT2D eigenvalue weighted by molar-refractivity contribution is 8.00. The van der Waals surface area contributed by atoms with Crippen LogP contribution in [-0.4, -0.2) is 42.9 Å². The van der Waals surface area contributed by atoms with E-state index in [4.69, 9.17) is 16.3 Å². The van der Waals surface area contributed by atoms with Gasteiger partial charge in [-0.15, -0.1) is 10.2 Å². The molecule has 0 fully saturated rings. The van der Waals surface area contributed by atoms with E-state index in [0.29, 0.717) is 21.8 Å². The Bertz CT molecular complexity index is 754. The number of benzene rings is 1. The first-order valence-electron chi connectivity index (χ1n) is 8.96. The Balaban J connectivity index is 2.01. The molecule has 0 aliphatic heterocycles. The molecule has 0 N–H and O–H groups in total. The maximum absolute atomic E-state index is 12.8. The van der Waals surface area contributed by atoms with E-state index in [0.717, 1.165) is 0 Å². The minimum Gasteiger partial charge on any atom is -0.486 e. The predicted molar refractivity (Wildman–Crippen MR) is 109 cm³/mol. The van der Waals surface area contributed by atoms with Crippen molar-refractivity contribution in [1.29, 1.82) is 0 Å². The van der Waals surface area contributed by atoms with Crippen molar-refractivity contribution in [2.24, 2.45) is 7.05 Å². The van der Waals surface area contributed by atoms with Crippen LogP contribution < -0.4 is 4.74 Å². The van der Waals surface area contributed by atoms with E-state index < -0.39 is 0 Å². The molecule has 0 saturated heterocycles. The lowest BCUT2D eigenvalue weighted by Crippen LogP contribution is -2.45. The van der Waals surface area contributed by atoms with Gasteiger partial charge in [0.15, 0.2) is 11.0 Å². The molecule has 0 unspecified atom stereocenters. The normalized spacial score (nSPS) is 12.5. The highest BCUT2D eigenvalue weighted by Crippen LogP contribution is 2.25. The van der Waals surface area contributed by atoms with Gasteiger partial charge in [-0.05, 0) is 58.9 Å². The molecule has 0 saturated carbocycles. The van der Waals surface area contributed by atoms with Gasteiger partial charge in [-0.25, -0.2) is 0 Å². The van der Waals surface area contributed by atoms with Crippen molar-refractivity contribution in [2.75, 3.05) is 0 Å². The number of hydrogen-bond acceptors (Lipinski definition) is 5. The van der Waals surface area contributed by atoms with Crippen LogP contribution in [0.25, 0.3) is 0 Å². The van der Waals surface area contributed by atoms with Crippen LogP contribution in [0.2, 0.25) is 5.02 Å². The molecule has 148 valence electrons. The van der Waals surface area contributed by atoms with Crippen LogP contribution >= 0.6 is 23.4 Å². The molecular weight excluding hydrogens is 384 g/mol. The highest BCUT2D eigenvalue weighted by atomic mass is 35.5. The Labute approximate surface area is 170 Å². The number of rotatable bonds is 8. The van der Waals surface area contributed by atoms with Gasteiger partial charge in [0.1, 0.15) is 12.4 Å². The molecule has 0 aliphatic carbocycles. The van der Waals surface area contributed by atoms with Gasteiger partial charge in [0, 0.05) is 24.2 Å². The number of aromatic nitrogens is 3. The lowest BCUT2D eigenvalue weighted by Gasteiger charge is -2.32. The maximum Gasteiger partial charge on any atom is 0.236 e. The van der Waals surface area contributed by atoms with Crippen molar-refractivity contribution in [3.05, 3.63) is 35.1 Å². The Morgan fingerprint density at radius 1 is 1.15 bits per heavy atom. The number of hydrogen-bond donors (Lipinski definition) is 0. The number of nitrogens with zero attached hydrogens (tertiary/aromatic N) is 4. The average Bonchev–Trinajstić information content (AvgIpc) is 2.93. The molecular formula is C19H27ClN4O2S. The minimum absolute atomic E-state index is 0.104. The third-order valence-electron chi connectivity index (χ3n) is 4.10. The number of carbonyl (C=O) groups is 1. The van der Waals surface area contributed by atoms with Crippen LogP contribution in [0.1, 0.15) is 40.4 Å².